The fourth-order valence-electron chi connectivity index (χ4n) is 1.98. The number of benzene rings is 1. The lowest BCUT2D eigenvalue weighted by Crippen LogP contribution is -2.02. The quantitative estimate of drug-likeness (QED) is 0.649. The molecule has 0 nitrogen and oxygen atoms in total. The minimum absolute atomic E-state index is 1.10. The molecule has 0 amide bonds. The first-order valence-electron chi connectivity index (χ1n) is 5.08. The van der Waals surface area contributed by atoms with E-state index >= 15 is 0 Å². The molecule has 0 saturated heterocycles. The second-order valence-electron chi connectivity index (χ2n) is 4.06. The van der Waals surface area contributed by atoms with Crippen LogP contribution in [-0.2, 0) is 0 Å². The third kappa shape index (κ3) is 2.01. The molecule has 0 heterocycles. The van der Waals surface area contributed by atoms with Gasteiger partial charge in [0, 0.05) is 0 Å². The molecule has 76 valence electrons. The van der Waals surface area contributed by atoms with Crippen LogP contribution in [0.3, 0.4) is 0 Å². The Hall–Kier alpha value is -0.606. The van der Waals surface area contributed by atoms with E-state index in [9.17, 15) is 0 Å². The third-order valence-electron chi connectivity index (χ3n) is 3.41. The van der Waals surface area contributed by atoms with Gasteiger partial charge in [0.1, 0.15) is 0 Å². The van der Waals surface area contributed by atoms with Crippen molar-refractivity contribution in [3.63, 3.8) is 0 Å². The van der Waals surface area contributed by atoms with E-state index in [1.165, 1.54) is 33.4 Å². The van der Waals surface area contributed by atoms with Crippen LogP contribution in [0.15, 0.2) is 5.70 Å². The van der Waals surface area contributed by atoms with Crippen molar-refractivity contribution in [2.24, 2.45) is 0 Å². The molecular formula is C13H16Si2. The minimum atomic E-state index is 1.10. The molecule has 0 aliphatic heterocycles. The van der Waals surface area contributed by atoms with Gasteiger partial charge in [0.2, 0.25) is 0 Å². The van der Waals surface area contributed by atoms with Crippen LogP contribution >= 0.6 is 0 Å². The fraction of sp³-hybridized carbons (Fsp3) is 0.385. The summed E-state index contributed by atoms with van der Waals surface area (Å²) in [6.45, 7) is 10.9. The number of hydrogen-bond donors (Lipinski definition) is 0. The molecule has 1 rings (SSSR count). The molecule has 15 heavy (non-hydrogen) atoms. The summed E-state index contributed by atoms with van der Waals surface area (Å²) >= 11 is 0. The van der Waals surface area contributed by atoms with Gasteiger partial charge in [0.25, 0.3) is 0 Å². The average Bonchev–Trinajstić information content (AvgIpc) is 2.23. The summed E-state index contributed by atoms with van der Waals surface area (Å²) in [6.07, 6.45) is 0. The first-order valence-corrected chi connectivity index (χ1v) is 6.15. The summed E-state index contributed by atoms with van der Waals surface area (Å²) in [6, 6.07) is 0. The summed E-state index contributed by atoms with van der Waals surface area (Å²) in [4.78, 5) is 0. The van der Waals surface area contributed by atoms with Crippen LogP contribution in [0.25, 0.3) is 5.20 Å². The Kier molecular flexibility index (Phi) is 3.73. The second kappa shape index (κ2) is 4.50. The zero-order chi connectivity index (χ0) is 11.7. The lowest BCUT2D eigenvalue weighted by Gasteiger charge is -2.19. The zero-order valence-corrected chi connectivity index (χ0v) is 12.1. The normalized spacial score (nSPS) is 12.1. The largest absolute Gasteiger partial charge is 0.103 e. The molecule has 1 aromatic rings. The molecule has 6 radical (unpaired) electrons. The lowest BCUT2D eigenvalue weighted by atomic mass is 9.89. The van der Waals surface area contributed by atoms with E-state index in [2.05, 4.69) is 55.1 Å². The Morgan fingerprint density at radius 3 is 1.47 bits per heavy atom. The summed E-state index contributed by atoms with van der Waals surface area (Å²) in [5, 5.41) is 1.10. The van der Waals surface area contributed by atoms with Gasteiger partial charge >= 0.3 is 0 Å². The average molecular weight is 228 g/mol. The van der Waals surface area contributed by atoms with E-state index in [1.54, 1.807) is 0 Å². The van der Waals surface area contributed by atoms with Crippen LogP contribution in [-0.4, -0.2) is 20.5 Å². The van der Waals surface area contributed by atoms with Gasteiger partial charge < -0.3 is 0 Å². The third-order valence-corrected chi connectivity index (χ3v) is 4.39. The van der Waals surface area contributed by atoms with E-state index in [4.69, 9.17) is 0 Å². The van der Waals surface area contributed by atoms with Crippen LogP contribution in [0.2, 0.25) is 0 Å². The Bertz CT molecular complexity index is 400. The van der Waals surface area contributed by atoms with Gasteiger partial charge in [-0.3, -0.25) is 0 Å². The van der Waals surface area contributed by atoms with Gasteiger partial charge in [-0.05, 0) is 68.0 Å². The predicted molar refractivity (Wildman–Crippen MR) is 69.6 cm³/mol. The molecule has 0 spiro atoms. The topological polar surface area (TPSA) is 0 Å². The smallest absolute Gasteiger partial charge is 0.0710 e. The van der Waals surface area contributed by atoms with E-state index in [0.29, 0.717) is 0 Å². The number of rotatable bonds is 1. The van der Waals surface area contributed by atoms with Crippen molar-refractivity contribution in [2.45, 2.75) is 34.6 Å². The molecule has 1 aromatic carbocycles. The predicted octanol–water partition coefficient (Wildman–Crippen LogP) is 2.86. The second-order valence-corrected chi connectivity index (χ2v) is 4.89. The maximum atomic E-state index is 3.65. The van der Waals surface area contributed by atoms with Crippen molar-refractivity contribution in [1.29, 1.82) is 0 Å². The molecular weight excluding hydrogens is 212 g/mol. The molecule has 0 aliphatic rings. The minimum Gasteiger partial charge on any atom is -0.103 e. The molecule has 0 unspecified atom stereocenters. The summed E-state index contributed by atoms with van der Waals surface area (Å²) in [5.74, 6) is 0. The maximum absolute atomic E-state index is 3.65. The van der Waals surface area contributed by atoms with Gasteiger partial charge in [-0.1, -0.05) is 5.20 Å². The zero-order valence-electron chi connectivity index (χ0n) is 10.1. The first-order chi connectivity index (χ1) is 6.91. The van der Waals surface area contributed by atoms with E-state index < -0.39 is 0 Å². The van der Waals surface area contributed by atoms with E-state index in [-0.39, 0.29) is 0 Å². The number of hydrogen-bond acceptors (Lipinski definition) is 0. The molecule has 0 atom stereocenters. The molecule has 0 saturated carbocycles. The van der Waals surface area contributed by atoms with Crippen LogP contribution in [0, 0.1) is 34.6 Å². The SMILES string of the molecule is Cc1c(C)c(C)c(/C([Si])=C/[Si])c(C)c1C. The van der Waals surface area contributed by atoms with Crippen molar-refractivity contribution in [2.75, 3.05) is 0 Å². The molecule has 0 aliphatic carbocycles. The standard InChI is InChI=1S/C13H16Si2/c1-7-8(2)10(4)13(12(15)6-14)11(5)9(7)3/h6H,1-5H3/b12-6-. The maximum Gasteiger partial charge on any atom is 0.0710 e. The molecule has 0 bridgehead atoms. The van der Waals surface area contributed by atoms with Crippen LogP contribution < -0.4 is 0 Å². The van der Waals surface area contributed by atoms with Crippen LogP contribution in [0.5, 0.6) is 0 Å². The molecule has 2 heteroatoms. The fourth-order valence-corrected chi connectivity index (χ4v) is 2.50. The van der Waals surface area contributed by atoms with Crippen molar-refractivity contribution in [3.05, 3.63) is 39.1 Å². The molecule has 0 aromatic heterocycles. The van der Waals surface area contributed by atoms with Gasteiger partial charge in [0.15, 0.2) is 0 Å². The lowest BCUT2D eigenvalue weighted by molar-refractivity contribution is 1.16. The van der Waals surface area contributed by atoms with Crippen molar-refractivity contribution in [1.82, 2.24) is 0 Å². The van der Waals surface area contributed by atoms with Crippen molar-refractivity contribution < 1.29 is 0 Å². The first kappa shape index (κ1) is 12.5. The highest BCUT2D eigenvalue weighted by Gasteiger charge is 2.12. The highest BCUT2D eigenvalue weighted by molar-refractivity contribution is 6.46. The highest BCUT2D eigenvalue weighted by atomic mass is 28.2. The van der Waals surface area contributed by atoms with Gasteiger partial charge in [0.05, 0.1) is 20.5 Å². The van der Waals surface area contributed by atoms with Crippen LogP contribution in [0.4, 0.5) is 0 Å². The summed E-state index contributed by atoms with van der Waals surface area (Å²) in [7, 11) is 7.07. The van der Waals surface area contributed by atoms with Gasteiger partial charge in [-0.2, -0.15) is 0 Å². The van der Waals surface area contributed by atoms with E-state index in [0.717, 1.165) is 5.20 Å². The molecule has 0 fully saturated rings. The van der Waals surface area contributed by atoms with Crippen LogP contribution in [0.1, 0.15) is 33.4 Å². The Labute approximate surface area is 99.6 Å². The van der Waals surface area contributed by atoms with Crippen molar-refractivity contribution >= 4 is 25.7 Å². The van der Waals surface area contributed by atoms with E-state index in [1.807, 2.05) is 5.70 Å². The van der Waals surface area contributed by atoms with Gasteiger partial charge in [-0.25, -0.2) is 0 Å². The van der Waals surface area contributed by atoms with Crippen molar-refractivity contribution in [3.8, 4) is 0 Å². The van der Waals surface area contributed by atoms with Gasteiger partial charge in [-0.15, -0.1) is 5.70 Å². The monoisotopic (exact) mass is 228 g/mol. The Morgan fingerprint density at radius 1 is 0.800 bits per heavy atom. The Balaban J connectivity index is 3.67. The molecule has 0 N–H and O–H groups in total. The highest BCUT2D eigenvalue weighted by Crippen LogP contribution is 2.29. The Morgan fingerprint density at radius 2 is 1.13 bits per heavy atom. The summed E-state index contributed by atoms with van der Waals surface area (Å²) < 4.78 is 0. The summed E-state index contributed by atoms with van der Waals surface area (Å²) in [5.41, 5.74) is 10.1.